The van der Waals surface area contributed by atoms with E-state index in [1.807, 2.05) is 19.9 Å². The highest BCUT2D eigenvalue weighted by atomic mass is 16.6. The molecular formula is C31H38O10. The van der Waals surface area contributed by atoms with Crippen molar-refractivity contribution >= 4 is 23.9 Å². The van der Waals surface area contributed by atoms with Gasteiger partial charge in [-0.3, -0.25) is 14.4 Å². The molecule has 10 heteroatoms. The van der Waals surface area contributed by atoms with Gasteiger partial charge in [0.2, 0.25) is 0 Å². The molecule has 2 aliphatic carbocycles. The van der Waals surface area contributed by atoms with E-state index in [1.165, 1.54) is 27.0 Å². The summed E-state index contributed by atoms with van der Waals surface area (Å²) in [7, 11) is 1.30. The molecule has 9 atom stereocenters. The zero-order valence-corrected chi connectivity index (χ0v) is 24.6. The first-order chi connectivity index (χ1) is 19.1. The fourth-order valence-corrected chi connectivity index (χ4v) is 8.47. The lowest BCUT2D eigenvalue weighted by Crippen LogP contribution is -2.66. The smallest absolute Gasteiger partial charge is 0.330 e. The fraction of sp³-hybridized carbons (Fsp3) is 0.613. The van der Waals surface area contributed by atoms with Crippen LogP contribution in [0.2, 0.25) is 0 Å². The highest BCUT2D eigenvalue weighted by molar-refractivity contribution is 5.83. The number of allylic oxidation sites excluding steroid dienone is 1. The number of cyclic esters (lactones) is 1. The van der Waals surface area contributed by atoms with Crippen molar-refractivity contribution < 1.29 is 47.3 Å². The van der Waals surface area contributed by atoms with Crippen molar-refractivity contribution in [2.24, 2.45) is 22.7 Å². The molecule has 1 spiro atoms. The zero-order chi connectivity index (χ0) is 30.1. The third-order valence-electron chi connectivity index (χ3n) is 10.1. The summed E-state index contributed by atoms with van der Waals surface area (Å²) in [5.41, 5.74) is -2.46. The third-order valence-corrected chi connectivity index (χ3v) is 10.1. The van der Waals surface area contributed by atoms with Gasteiger partial charge in [0.1, 0.15) is 23.4 Å². The fourth-order valence-electron chi connectivity index (χ4n) is 8.47. The second kappa shape index (κ2) is 9.58. The van der Waals surface area contributed by atoms with Crippen LogP contribution in [-0.2, 0) is 42.9 Å². The topological polar surface area (TPSA) is 131 Å². The molecule has 1 aromatic rings. The first-order valence-electron chi connectivity index (χ1n) is 13.9. The number of carbonyl (C=O) groups is 4. The van der Waals surface area contributed by atoms with Crippen LogP contribution < -0.4 is 0 Å². The maximum absolute atomic E-state index is 12.8. The third kappa shape index (κ3) is 4.16. The molecule has 5 rings (SSSR count). The summed E-state index contributed by atoms with van der Waals surface area (Å²) in [6.07, 6.45) is 4.58. The van der Waals surface area contributed by atoms with E-state index in [9.17, 15) is 19.2 Å². The summed E-state index contributed by atoms with van der Waals surface area (Å²) >= 11 is 0. The molecule has 3 heterocycles. The van der Waals surface area contributed by atoms with Crippen LogP contribution in [-0.4, -0.2) is 60.5 Å². The second-order valence-corrected chi connectivity index (χ2v) is 12.6. The van der Waals surface area contributed by atoms with Crippen LogP contribution in [0.25, 0.3) is 0 Å². The van der Waals surface area contributed by atoms with E-state index in [-0.39, 0.29) is 18.4 Å². The summed E-state index contributed by atoms with van der Waals surface area (Å²) in [6, 6.07) is 1.88. The van der Waals surface area contributed by atoms with Gasteiger partial charge in [0.15, 0.2) is 0 Å². The van der Waals surface area contributed by atoms with Gasteiger partial charge in [-0.2, -0.15) is 0 Å². The highest BCUT2D eigenvalue weighted by Crippen LogP contribution is 2.76. The predicted octanol–water partition coefficient (Wildman–Crippen LogP) is 4.04. The Kier molecular flexibility index (Phi) is 6.80. The maximum Gasteiger partial charge on any atom is 0.330 e. The zero-order valence-electron chi connectivity index (χ0n) is 24.6. The van der Waals surface area contributed by atoms with Gasteiger partial charge < -0.3 is 28.1 Å². The molecule has 0 radical (unpaired) electrons. The van der Waals surface area contributed by atoms with E-state index in [4.69, 9.17) is 28.1 Å². The number of hydrogen-bond donors (Lipinski definition) is 0. The molecule has 10 nitrogen and oxygen atoms in total. The number of esters is 4. The van der Waals surface area contributed by atoms with Crippen LogP contribution in [0.15, 0.2) is 47.3 Å². The number of hydrogen-bond acceptors (Lipinski definition) is 10. The van der Waals surface area contributed by atoms with E-state index in [0.717, 1.165) is 5.56 Å². The van der Waals surface area contributed by atoms with E-state index in [1.54, 1.807) is 32.4 Å². The average molecular weight is 571 g/mol. The molecule has 2 saturated carbocycles. The van der Waals surface area contributed by atoms with Gasteiger partial charge in [-0.05, 0) is 37.5 Å². The van der Waals surface area contributed by atoms with E-state index in [2.05, 4.69) is 6.58 Å². The summed E-state index contributed by atoms with van der Waals surface area (Å²) in [6.45, 7) is 14.5. The second-order valence-electron chi connectivity index (χ2n) is 12.6. The molecule has 0 aromatic carbocycles. The number of methoxy groups -OCH3 is 1. The minimum absolute atomic E-state index is 0.0986. The van der Waals surface area contributed by atoms with Crippen LogP contribution in [0, 0.1) is 22.7 Å². The molecule has 0 bridgehead atoms. The Hall–Kier alpha value is -3.40. The summed E-state index contributed by atoms with van der Waals surface area (Å²) < 4.78 is 35.0. The van der Waals surface area contributed by atoms with E-state index < -0.39 is 70.0 Å². The van der Waals surface area contributed by atoms with Crippen molar-refractivity contribution in [3.8, 4) is 0 Å². The monoisotopic (exact) mass is 570 g/mol. The lowest BCUT2D eigenvalue weighted by molar-refractivity contribution is -0.208. The molecule has 222 valence electrons. The van der Waals surface area contributed by atoms with E-state index in [0.29, 0.717) is 12.0 Å². The Balaban J connectivity index is 1.74. The SMILES string of the molecule is C=C1[C@@H]([C@@]2(C)C=CC(=O)OC(C)(C)[C@@H]2CC(=O)OC)[C@@H](OC(C)=O)[C@H](OC(C)=O)[C@@]2(C)[C@H](c3ccoc3)C[C@H]3O[C@]132. The maximum atomic E-state index is 12.8. The van der Waals surface area contributed by atoms with Gasteiger partial charge in [-0.15, -0.1) is 0 Å². The van der Waals surface area contributed by atoms with Crippen molar-refractivity contribution in [1.29, 1.82) is 0 Å². The van der Waals surface area contributed by atoms with Crippen LogP contribution in [0.4, 0.5) is 0 Å². The van der Waals surface area contributed by atoms with E-state index >= 15 is 0 Å². The van der Waals surface area contributed by atoms with Crippen LogP contribution in [0.1, 0.15) is 65.9 Å². The van der Waals surface area contributed by atoms with Gasteiger partial charge in [0.25, 0.3) is 0 Å². The Morgan fingerprint density at radius 1 is 1.10 bits per heavy atom. The van der Waals surface area contributed by atoms with Crippen molar-refractivity contribution in [3.63, 3.8) is 0 Å². The van der Waals surface area contributed by atoms with Gasteiger partial charge in [0, 0.05) is 43.1 Å². The lowest BCUT2D eigenvalue weighted by atomic mass is 9.48. The van der Waals surface area contributed by atoms with Gasteiger partial charge >= 0.3 is 23.9 Å². The average Bonchev–Trinajstić information content (AvgIpc) is 3.25. The van der Waals surface area contributed by atoms with Crippen LogP contribution in [0.5, 0.6) is 0 Å². The lowest BCUT2D eigenvalue weighted by Gasteiger charge is -2.58. The molecule has 2 aliphatic heterocycles. The summed E-state index contributed by atoms with van der Waals surface area (Å²) in [5, 5.41) is 0. The number of ether oxygens (including phenoxy) is 5. The summed E-state index contributed by atoms with van der Waals surface area (Å²) in [4.78, 5) is 50.9. The Morgan fingerprint density at radius 3 is 2.37 bits per heavy atom. The largest absolute Gasteiger partial charge is 0.472 e. The number of furan rings is 1. The molecule has 1 saturated heterocycles. The minimum Gasteiger partial charge on any atom is -0.472 e. The quantitative estimate of drug-likeness (QED) is 0.214. The van der Waals surface area contributed by atoms with Crippen molar-refractivity contribution in [1.82, 2.24) is 0 Å². The number of rotatable bonds is 6. The molecule has 4 aliphatic rings. The van der Waals surface area contributed by atoms with Gasteiger partial charge in [-0.1, -0.05) is 26.5 Å². The standard InChI is InChI=1S/C31H38O10/c1-16-25(29(6)11-9-23(34)41-28(4,5)21(29)14-24(35)36-8)26(38-17(2)32)27(39-18(3)33)30(7)20(19-10-12-37-15-19)13-22-31(16,30)40-22/h9-12,15,20-22,25-27H,1,13-14H2,2-8H3/t20-,21-,22+,25+,26+,27-,29-,30+,31+/m0/s1. The first kappa shape index (κ1) is 29.1. The highest BCUT2D eigenvalue weighted by Gasteiger charge is 2.84. The van der Waals surface area contributed by atoms with Gasteiger partial charge in [0.05, 0.1) is 37.6 Å². The summed E-state index contributed by atoms with van der Waals surface area (Å²) in [5.74, 6) is -3.73. The van der Waals surface area contributed by atoms with Crippen LogP contribution in [0.3, 0.4) is 0 Å². The van der Waals surface area contributed by atoms with Crippen molar-refractivity contribution in [2.45, 2.75) is 89.8 Å². The number of carbonyl (C=O) groups excluding carboxylic acids is 4. The molecule has 1 aromatic heterocycles. The van der Waals surface area contributed by atoms with Crippen LogP contribution >= 0.6 is 0 Å². The minimum atomic E-state index is -1.14. The Morgan fingerprint density at radius 2 is 1.78 bits per heavy atom. The number of epoxide rings is 1. The molecular weight excluding hydrogens is 532 g/mol. The van der Waals surface area contributed by atoms with Crippen molar-refractivity contribution in [2.75, 3.05) is 7.11 Å². The normalized spacial score (nSPS) is 40.5. The Labute approximate surface area is 239 Å². The first-order valence-corrected chi connectivity index (χ1v) is 13.9. The van der Waals surface area contributed by atoms with Gasteiger partial charge in [-0.25, -0.2) is 4.79 Å². The molecule has 0 unspecified atom stereocenters. The van der Waals surface area contributed by atoms with Crippen molar-refractivity contribution in [3.05, 3.63) is 48.5 Å². The predicted molar refractivity (Wildman–Crippen MR) is 143 cm³/mol. The molecule has 0 amide bonds. The molecule has 0 N–H and O–H groups in total. The molecule has 41 heavy (non-hydrogen) atoms. The molecule has 3 fully saturated rings. The Bertz CT molecular complexity index is 1310.